The van der Waals surface area contributed by atoms with Gasteiger partial charge in [0.1, 0.15) is 0 Å². The maximum Gasteiger partial charge on any atom is 0.0623 e. The molecule has 4 nitrogen and oxygen atoms in total. The first-order valence-electron chi connectivity index (χ1n) is 10.1. The van der Waals surface area contributed by atoms with Gasteiger partial charge in [0.25, 0.3) is 0 Å². The van der Waals surface area contributed by atoms with Crippen LogP contribution in [0.3, 0.4) is 0 Å². The van der Waals surface area contributed by atoms with Gasteiger partial charge in [0, 0.05) is 43.8 Å². The Morgan fingerprint density at radius 1 is 1.23 bits per heavy atom. The van der Waals surface area contributed by atoms with Crippen LogP contribution in [0.1, 0.15) is 38.2 Å². The van der Waals surface area contributed by atoms with Crippen molar-refractivity contribution in [2.75, 3.05) is 26.3 Å². The van der Waals surface area contributed by atoms with Crippen LogP contribution in [-0.4, -0.2) is 55.4 Å². The van der Waals surface area contributed by atoms with Crippen molar-refractivity contribution in [1.82, 2.24) is 15.5 Å². The highest BCUT2D eigenvalue weighted by Crippen LogP contribution is 2.31. The fourth-order valence-corrected chi connectivity index (χ4v) is 5.10. The standard InChI is InChI=1S/C21H33N3O.ClH/c1-16-12-18(14-24(16)13-17-6-3-2-4-7-17)23-20-9-5-8-19(20)21-15-25-11-10-22-21;/h2-4,6-7,16,18-23H,5,8-15H2,1H3;1H. The number of nitrogens with one attached hydrogen (secondary N) is 2. The SMILES string of the molecule is CC1CC(NC2CCCC2C2COCCN2)CN1Cc1ccccc1.Cl. The molecule has 2 N–H and O–H groups in total. The van der Waals surface area contributed by atoms with Crippen LogP contribution in [0, 0.1) is 5.92 Å². The van der Waals surface area contributed by atoms with Crippen molar-refractivity contribution in [3.63, 3.8) is 0 Å². The molecule has 4 rings (SSSR count). The van der Waals surface area contributed by atoms with E-state index in [1.54, 1.807) is 0 Å². The molecule has 3 fully saturated rings. The van der Waals surface area contributed by atoms with E-state index in [1.165, 1.54) is 37.8 Å². The summed E-state index contributed by atoms with van der Waals surface area (Å²) < 4.78 is 5.71. The summed E-state index contributed by atoms with van der Waals surface area (Å²) >= 11 is 0. The second kappa shape index (κ2) is 9.52. The lowest BCUT2D eigenvalue weighted by Gasteiger charge is -2.34. The molecule has 5 unspecified atom stereocenters. The van der Waals surface area contributed by atoms with E-state index in [2.05, 4.69) is 52.8 Å². The Morgan fingerprint density at radius 2 is 2.08 bits per heavy atom. The van der Waals surface area contributed by atoms with E-state index in [9.17, 15) is 0 Å². The first-order chi connectivity index (χ1) is 12.3. The third-order valence-corrected chi connectivity index (χ3v) is 6.42. The summed E-state index contributed by atoms with van der Waals surface area (Å²) in [6.45, 7) is 7.41. The van der Waals surface area contributed by atoms with Crippen LogP contribution in [-0.2, 0) is 11.3 Å². The third kappa shape index (κ3) is 4.79. The van der Waals surface area contributed by atoms with E-state index in [0.717, 1.165) is 32.2 Å². The average molecular weight is 380 g/mol. The van der Waals surface area contributed by atoms with E-state index in [-0.39, 0.29) is 12.4 Å². The molecule has 0 amide bonds. The second-order valence-electron chi connectivity index (χ2n) is 8.20. The van der Waals surface area contributed by atoms with Gasteiger partial charge < -0.3 is 15.4 Å². The quantitative estimate of drug-likeness (QED) is 0.824. The predicted molar refractivity (Wildman–Crippen MR) is 109 cm³/mol. The van der Waals surface area contributed by atoms with E-state index in [4.69, 9.17) is 4.74 Å². The van der Waals surface area contributed by atoms with Crippen LogP contribution in [0.2, 0.25) is 0 Å². The van der Waals surface area contributed by atoms with Crippen molar-refractivity contribution in [2.45, 2.75) is 63.3 Å². The molecule has 146 valence electrons. The van der Waals surface area contributed by atoms with Gasteiger partial charge in [-0.2, -0.15) is 0 Å². The molecule has 0 radical (unpaired) electrons. The van der Waals surface area contributed by atoms with Crippen LogP contribution >= 0.6 is 12.4 Å². The first kappa shape index (κ1) is 20.1. The Hall–Kier alpha value is -0.650. The molecule has 2 heterocycles. The Morgan fingerprint density at radius 3 is 2.85 bits per heavy atom. The highest BCUT2D eigenvalue weighted by atomic mass is 35.5. The van der Waals surface area contributed by atoms with Crippen molar-refractivity contribution in [3.8, 4) is 0 Å². The molecule has 1 aromatic carbocycles. The summed E-state index contributed by atoms with van der Waals surface area (Å²) in [5, 5.41) is 7.72. The smallest absolute Gasteiger partial charge is 0.0623 e. The number of nitrogens with zero attached hydrogens (tertiary/aromatic N) is 1. The molecule has 26 heavy (non-hydrogen) atoms. The lowest BCUT2D eigenvalue weighted by molar-refractivity contribution is 0.0517. The molecule has 3 aliphatic rings. The summed E-state index contributed by atoms with van der Waals surface area (Å²) in [5.74, 6) is 0.735. The number of hydrogen-bond acceptors (Lipinski definition) is 4. The van der Waals surface area contributed by atoms with Crippen molar-refractivity contribution in [3.05, 3.63) is 35.9 Å². The number of hydrogen-bond donors (Lipinski definition) is 2. The van der Waals surface area contributed by atoms with Gasteiger partial charge in [-0.05, 0) is 37.7 Å². The van der Waals surface area contributed by atoms with Gasteiger partial charge in [-0.25, -0.2) is 0 Å². The number of halogens is 1. The first-order valence-corrected chi connectivity index (χ1v) is 10.1. The normalized spacial score (nSPS) is 35.3. The minimum Gasteiger partial charge on any atom is -0.379 e. The molecular formula is C21H34ClN3O. The maximum absolute atomic E-state index is 5.71. The van der Waals surface area contributed by atoms with Gasteiger partial charge in [0.15, 0.2) is 0 Å². The van der Waals surface area contributed by atoms with Crippen molar-refractivity contribution in [1.29, 1.82) is 0 Å². The molecular weight excluding hydrogens is 346 g/mol. The van der Waals surface area contributed by atoms with E-state index < -0.39 is 0 Å². The van der Waals surface area contributed by atoms with Crippen LogP contribution in [0.5, 0.6) is 0 Å². The van der Waals surface area contributed by atoms with Gasteiger partial charge >= 0.3 is 0 Å². The summed E-state index contributed by atoms with van der Waals surface area (Å²) in [6.07, 6.45) is 5.29. The number of benzene rings is 1. The van der Waals surface area contributed by atoms with Crippen LogP contribution in [0.15, 0.2) is 30.3 Å². The van der Waals surface area contributed by atoms with Crippen LogP contribution in [0.25, 0.3) is 0 Å². The number of morpholine rings is 1. The molecule has 1 aliphatic carbocycles. The minimum absolute atomic E-state index is 0. The van der Waals surface area contributed by atoms with Gasteiger partial charge in [-0.15, -0.1) is 12.4 Å². The van der Waals surface area contributed by atoms with Crippen molar-refractivity contribution < 1.29 is 4.74 Å². The monoisotopic (exact) mass is 379 g/mol. The zero-order chi connectivity index (χ0) is 17.1. The minimum atomic E-state index is 0. The highest BCUT2D eigenvalue weighted by molar-refractivity contribution is 5.85. The Bertz CT molecular complexity index is 537. The second-order valence-corrected chi connectivity index (χ2v) is 8.20. The van der Waals surface area contributed by atoms with Crippen molar-refractivity contribution >= 4 is 12.4 Å². The molecule has 2 aliphatic heterocycles. The molecule has 5 heteroatoms. The van der Waals surface area contributed by atoms with Gasteiger partial charge in [-0.1, -0.05) is 36.8 Å². The fraction of sp³-hybridized carbons (Fsp3) is 0.714. The maximum atomic E-state index is 5.71. The largest absolute Gasteiger partial charge is 0.379 e. The predicted octanol–water partition coefficient (Wildman–Crippen LogP) is 2.82. The average Bonchev–Trinajstić information content (AvgIpc) is 3.24. The topological polar surface area (TPSA) is 36.5 Å². The Balaban J connectivity index is 0.00000196. The molecule has 0 spiro atoms. The fourth-order valence-electron chi connectivity index (χ4n) is 5.10. The van der Waals surface area contributed by atoms with Gasteiger partial charge in [0.05, 0.1) is 13.2 Å². The van der Waals surface area contributed by atoms with E-state index in [0.29, 0.717) is 24.2 Å². The molecule has 2 saturated heterocycles. The zero-order valence-electron chi connectivity index (χ0n) is 15.9. The molecule has 0 aromatic heterocycles. The summed E-state index contributed by atoms with van der Waals surface area (Å²) in [5.41, 5.74) is 1.43. The summed E-state index contributed by atoms with van der Waals surface area (Å²) in [7, 11) is 0. The van der Waals surface area contributed by atoms with E-state index in [1.807, 2.05) is 0 Å². The lowest BCUT2D eigenvalue weighted by atomic mass is 9.93. The van der Waals surface area contributed by atoms with E-state index >= 15 is 0 Å². The van der Waals surface area contributed by atoms with Gasteiger partial charge in [-0.3, -0.25) is 4.90 Å². The lowest BCUT2D eigenvalue weighted by Crippen LogP contribution is -2.52. The third-order valence-electron chi connectivity index (χ3n) is 6.42. The van der Waals surface area contributed by atoms with Gasteiger partial charge in [0.2, 0.25) is 0 Å². The molecule has 5 atom stereocenters. The molecule has 1 aromatic rings. The molecule has 1 saturated carbocycles. The van der Waals surface area contributed by atoms with Crippen LogP contribution < -0.4 is 10.6 Å². The zero-order valence-corrected chi connectivity index (χ0v) is 16.7. The Kier molecular flexibility index (Phi) is 7.35. The number of ether oxygens (including phenoxy) is 1. The Labute approximate surface area is 164 Å². The van der Waals surface area contributed by atoms with Crippen molar-refractivity contribution in [2.24, 2.45) is 5.92 Å². The number of likely N-dealkylation sites (tertiary alicyclic amines) is 1. The summed E-state index contributed by atoms with van der Waals surface area (Å²) in [4.78, 5) is 2.64. The van der Waals surface area contributed by atoms with Crippen LogP contribution in [0.4, 0.5) is 0 Å². The highest BCUT2D eigenvalue weighted by Gasteiger charge is 2.37. The summed E-state index contributed by atoms with van der Waals surface area (Å²) in [6, 6.07) is 13.4. The number of rotatable bonds is 5. The molecule has 0 bridgehead atoms.